The first-order valence-corrected chi connectivity index (χ1v) is 7.29. The van der Waals surface area contributed by atoms with E-state index in [4.69, 9.17) is 4.74 Å². The minimum absolute atomic E-state index is 0.00575. The van der Waals surface area contributed by atoms with Crippen LogP contribution in [0, 0.1) is 0 Å². The number of nitrogens with one attached hydrogen (secondary N) is 1. The predicted molar refractivity (Wildman–Crippen MR) is 80.6 cm³/mol. The van der Waals surface area contributed by atoms with Gasteiger partial charge >= 0.3 is 0 Å². The number of carbonyl (C=O) groups is 2. The van der Waals surface area contributed by atoms with Crippen LogP contribution in [-0.2, 0) is 4.79 Å². The SMILES string of the molecule is COc1ccc(C(=O)CCC(=O)N2CCNC[C@H]2C)cc1. The fourth-order valence-electron chi connectivity index (χ4n) is 2.50. The summed E-state index contributed by atoms with van der Waals surface area (Å²) in [5, 5.41) is 3.25. The predicted octanol–water partition coefficient (Wildman–Crippen LogP) is 1.48. The van der Waals surface area contributed by atoms with Gasteiger partial charge in [-0.1, -0.05) is 0 Å². The van der Waals surface area contributed by atoms with E-state index >= 15 is 0 Å². The molecular weight excluding hydrogens is 268 g/mol. The fraction of sp³-hybridized carbons (Fsp3) is 0.500. The van der Waals surface area contributed by atoms with Crippen LogP contribution >= 0.6 is 0 Å². The number of amides is 1. The van der Waals surface area contributed by atoms with Crippen molar-refractivity contribution < 1.29 is 14.3 Å². The van der Waals surface area contributed by atoms with Crippen molar-refractivity contribution in [2.24, 2.45) is 0 Å². The molecule has 1 N–H and O–H groups in total. The number of carbonyl (C=O) groups excluding carboxylic acids is 2. The molecule has 0 spiro atoms. The molecule has 1 fully saturated rings. The van der Waals surface area contributed by atoms with Crippen molar-refractivity contribution in [2.45, 2.75) is 25.8 Å². The van der Waals surface area contributed by atoms with Gasteiger partial charge in [0, 0.05) is 44.1 Å². The van der Waals surface area contributed by atoms with Gasteiger partial charge < -0.3 is 15.0 Å². The molecule has 0 aromatic heterocycles. The third-order valence-electron chi connectivity index (χ3n) is 3.80. The van der Waals surface area contributed by atoms with Crippen LogP contribution in [-0.4, -0.2) is 49.4 Å². The minimum Gasteiger partial charge on any atom is -0.497 e. The van der Waals surface area contributed by atoms with E-state index in [0.29, 0.717) is 5.56 Å². The van der Waals surface area contributed by atoms with Crippen molar-refractivity contribution in [1.29, 1.82) is 0 Å². The molecule has 1 amide bonds. The fourth-order valence-corrected chi connectivity index (χ4v) is 2.50. The van der Waals surface area contributed by atoms with E-state index in [1.54, 1.807) is 31.4 Å². The van der Waals surface area contributed by atoms with Crippen LogP contribution < -0.4 is 10.1 Å². The molecule has 5 nitrogen and oxygen atoms in total. The lowest BCUT2D eigenvalue weighted by atomic mass is 10.1. The molecule has 114 valence electrons. The van der Waals surface area contributed by atoms with Crippen molar-refractivity contribution in [3.63, 3.8) is 0 Å². The van der Waals surface area contributed by atoms with E-state index in [9.17, 15) is 9.59 Å². The van der Waals surface area contributed by atoms with E-state index < -0.39 is 0 Å². The lowest BCUT2D eigenvalue weighted by Gasteiger charge is -2.34. The summed E-state index contributed by atoms with van der Waals surface area (Å²) in [6.45, 7) is 4.38. The Balaban J connectivity index is 1.86. The van der Waals surface area contributed by atoms with E-state index in [-0.39, 0.29) is 30.6 Å². The molecule has 5 heteroatoms. The Morgan fingerprint density at radius 3 is 2.62 bits per heavy atom. The van der Waals surface area contributed by atoms with Gasteiger partial charge in [-0.3, -0.25) is 9.59 Å². The highest BCUT2D eigenvalue weighted by molar-refractivity contribution is 5.98. The standard InChI is InChI=1S/C16H22N2O3/c1-12-11-17-9-10-18(12)16(20)8-7-15(19)13-3-5-14(21-2)6-4-13/h3-6,12,17H,7-11H2,1-2H3/t12-/m1/s1. The number of hydrogen-bond acceptors (Lipinski definition) is 4. The summed E-state index contributed by atoms with van der Waals surface area (Å²) in [5.41, 5.74) is 0.622. The Labute approximate surface area is 125 Å². The lowest BCUT2D eigenvalue weighted by molar-refractivity contribution is -0.133. The highest BCUT2D eigenvalue weighted by Crippen LogP contribution is 2.14. The van der Waals surface area contributed by atoms with Gasteiger partial charge in [0.15, 0.2) is 5.78 Å². The van der Waals surface area contributed by atoms with Crippen LogP contribution in [0.25, 0.3) is 0 Å². The van der Waals surface area contributed by atoms with Gasteiger partial charge in [0.2, 0.25) is 5.91 Å². The average molecular weight is 290 g/mol. The second-order valence-electron chi connectivity index (χ2n) is 5.29. The number of hydrogen-bond donors (Lipinski definition) is 1. The van der Waals surface area contributed by atoms with Gasteiger partial charge in [0.05, 0.1) is 7.11 Å². The smallest absolute Gasteiger partial charge is 0.223 e. The second-order valence-corrected chi connectivity index (χ2v) is 5.29. The van der Waals surface area contributed by atoms with Gasteiger partial charge in [-0.05, 0) is 31.2 Å². The van der Waals surface area contributed by atoms with Crippen LogP contribution in [0.1, 0.15) is 30.1 Å². The molecule has 0 saturated carbocycles. The first kappa shape index (κ1) is 15.5. The number of ketones is 1. The third kappa shape index (κ3) is 4.04. The van der Waals surface area contributed by atoms with Crippen LogP contribution in [0.4, 0.5) is 0 Å². The Morgan fingerprint density at radius 1 is 1.29 bits per heavy atom. The third-order valence-corrected chi connectivity index (χ3v) is 3.80. The van der Waals surface area contributed by atoms with E-state index in [2.05, 4.69) is 5.32 Å². The average Bonchev–Trinajstić information content (AvgIpc) is 2.52. The lowest BCUT2D eigenvalue weighted by Crippen LogP contribution is -2.52. The van der Waals surface area contributed by atoms with Crippen LogP contribution in [0.2, 0.25) is 0 Å². The quantitative estimate of drug-likeness (QED) is 0.835. The molecule has 0 bridgehead atoms. The summed E-state index contributed by atoms with van der Waals surface area (Å²) in [6, 6.07) is 7.18. The van der Waals surface area contributed by atoms with Crippen LogP contribution in [0.3, 0.4) is 0 Å². The highest BCUT2D eigenvalue weighted by atomic mass is 16.5. The van der Waals surface area contributed by atoms with Crippen molar-refractivity contribution in [2.75, 3.05) is 26.7 Å². The summed E-state index contributed by atoms with van der Waals surface area (Å²) in [7, 11) is 1.59. The molecule has 21 heavy (non-hydrogen) atoms. The zero-order valence-corrected chi connectivity index (χ0v) is 12.6. The van der Waals surface area contributed by atoms with Crippen LogP contribution in [0.15, 0.2) is 24.3 Å². The normalized spacial score (nSPS) is 18.4. The Bertz CT molecular complexity index is 499. The number of benzene rings is 1. The highest BCUT2D eigenvalue weighted by Gasteiger charge is 2.23. The number of rotatable bonds is 5. The number of Topliss-reactive ketones (excluding diaryl/α,β-unsaturated/α-hetero) is 1. The van der Waals surface area contributed by atoms with Gasteiger partial charge in [-0.2, -0.15) is 0 Å². The van der Waals surface area contributed by atoms with Crippen molar-refractivity contribution in [3.05, 3.63) is 29.8 Å². The topological polar surface area (TPSA) is 58.6 Å². The maximum Gasteiger partial charge on any atom is 0.223 e. The minimum atomic E-state index is -0.00575. The van der Waals surface area contributed by atoms with E-state index in [1.165, 1.54) is 0 Å². The molecular formula is C16H22N2O3. The Kier molecular flexibility index (Phi) is 5.33. The molecule has 1 aromatic rings. The molecule has 0 aliphatic carbocycles. The molecule has 1 atom stereocenters. The molecule has 0 unspecified atom stereocenters. The summed E-state index contributed by atoms with van der Waals surface area (Å²) < 4.78 is 5.06. The van der Waals surface area contributed by atoms with Gasteiger partial charge in [0.25, 0.3) is 0 Å². The number of ether oxygens (including phenoxy) is 1. The van der Waals surface area contributed by atoms with Gasteiger partial charge in [-0.25, -0.2) is 0 Å². The maximum atomic E-state index is 12.2. The first-order valence-electron chi connectivity index (χ1n) is 7.29. The van der Waals surface area contributed by atoms with E-state index in [1.807, 2.05) is 11.8 Å². The maximum absolute atomic E-state index is 12.2. The molecule has 1 saturated heterocycles. The second kappa shape index (κ2) is 7.22. The monoisotopic (exact) mass is 290 g/mol. The summed E-state index contributed by atoms with van der Waals surface area (Å²) in [5.74, 6) is 0.775. The van der Waals surface area contributed by atoms with Crippen LogP contribution in [0.5, 0.6) is 5.75 Å². The first-order chi connectivity index (χ1) is 10.1. The molecule has 0 radical (unpaired) electrons. The summed E-state index contributed by atoms with van der Waals surface area (Å²) in [6.07, 6.45) is 0.525. The zero-order valence-electron chi connectivity index (χ0n) is 12.6. The number of methoxy groups -OCH3 is 1. The summed E-state index contributed by atoms with van der Waals surface area (Å²) in [4.78, 5) is 26.1. The zero-order chi connectivity index (χ0) is 15.2. The molecule has 1 aliphatic heterocycles. The Morgan fingerprint density at radius 2 is 2.00 bits per heavy atom. The van der Waals surface area contributed by atoms with Crippen molar-refractivity contribution in [3.8, 4) is 5.75 Å². The van der Waals surface area contributed by atoms with Gasteiger partial charge in [0.1, 0.15) is 5.75 Å². The number of nitrogens with zero attached hydrogens (tertiary/aromatic N) is 1. The molecule has 1 aliphatic rings. The molecule has 1 aromatic carbocycles. The Hall–Kier alpha value is -1.88. The van der Waals surface area contributed by atoms with Crippen molar-refractivity contribution >= 4 is 11.7 Å². The number of piperazine rings is 1. The van der Waals surface area contributed by atoms with Gasteiger partial charge in [-0.15, -0.1) is 0 Å². The summed E-state index contributed by atoms with van der Waals surface area (Å²) >= 11 is 0. The molecule has 2 rings (SSSR count). The molecule has 1 heterocycles. The van der Waals surface area contributed by atoms with E-state index in [0.717, 1.165) is 25.4 Å². The van der Waals surface area contributed by atoms with Crippen molar-refractivity contribution in [1.82, 2.24) is 10.2 Å². The largest absolute Gasteiger partial charge is 0.497 e.